The van der Waals surface area contributed by atoms with Gasteiger partial charge in [0.25, 0.3) is 0 Å². The van der Waals surface area contributed by atoms with Crippen molar-refractivity contribution in [3.63, 3.8) is 0 Å². The predicted octanol–water partition coefficient (Wildman–Crippen LogP) is 3.27. The molecule has 0 aliphatic heterocycles. The van der Waals surface area contributed by atoms with Gasteiger partial charge >= 0.3 is 0 Å². The van der Waals surface area contributed by atoms with Crippen LogP contribution in [0.3, 0.4) is 0 Å². The van der Waals surface area contributed by atoms with E-state index in [1.807, 2.05) is 12.1 Å². The Kier molecular flexibility index (Phi) is 3.01. The van der Waals surface area contributed by atoms with E-state index in [0.717, 1.165) is 23.4 Å². The molecule has 0 radical (unpaired) electrons. The zero-order chi connectivity index (χ0) is 10.1. The second-order valence-corrected chi connectivity index (χ2v) is 4.78. The lowest BCUT2D eigenvalue weighted by Crippen LogP contribution is -2.40. The molecule has 1 aliphatic rings. The van der Waals surface area contributed by atoms with E-state index in [9.17, 15) is 0 Å². The van der Waals surface area contributed by atoms with Crippen molar-refractivity contribution >= 4 is 23.2 Å². The summed E-state index contributed by atoms with van der Waals surface area (Å²) in [5.41, 5.74) is 7.04. The first-order chi connectivity index (χ1) is 6.66. The van der Waals surface area contributed by atoms with Crippen LogP contribution in [0.2, 0.25) is 10.0 Å². The van der Waals surface area contributed by atoms with Gasteiger partial charge in [-0.2, -0.15) is 0 Å². The summed E-state index contributed by atoms with van der Waals surface area (Å²) in [5.74, 6) is 0.605. The maximum Gasteiger partial charge on any atom is 0.0452 e. The van der Waals surface area contributed by atoms with Crippen molar-refractivity contribution in [1.29, 1.82) is 0 Å². The van der Waals surface area contributed by atoms with Gasteiger partial charge < -0.3 is 5.73 Å². The van der Waals surface area contributed by atoms with Crippen LogP contribution in [0.4, 0.5) is 0 Å². The van der Waals surface area contributed by atoms with Gasteiger partial charge in [-0.15, -0.1) is 0 Å². The summed E-state index contributed by atoms with van der Waals surface area (Å²) >= 11 is 11.9. The summed E-state index contributed by atoms with van der Waals surface area (Å²) in [6.07, 6.45) is 3.35. The Morgan fingerprint density at radius 3 is 2.57 bits per heavy atom. The molecule has 14 heavy (non-hydrogen) atoms. The quantitative estimate of drug-likeness (QED) is 0.828. The van der Waals surface area contributed by atoms with E-state index in [2.05, 4.69) is 0 Å². The first-order valence-corrected chi connectivity index (χ1v) is 5.62. The third-order valence-electron chi connectivity index (χ3n) is 2.97. The fourth-order valence-electron chi connectivity index (χ4n) is 1.82. The fourth-order valence-corrected chi connectivity index (χ4v) is 2.30. The molecule has 0 saturated heterocycles. The summed E-state index contributed by atoms with van der Waals surface area (Å²) in [5, 5.41) is 1.45. The number of benzene rings is 1. The molecule has 0 amide bonds. The fraction of sp³-hybridized carbons (Fsp3) is 0.455. The molecule has 1 aliphatic carbocycles. The van der Waals surface area contributed by atoms with Crippen LogP contribution in [0.5, 0.6) is 0 Å². The van der Waals surface area contributed by atoms with E-state index in [1.54, 1.807) is 6.07 Å². The minimum atomic E-state index is 0.363. The molecule has 0 aromatic heterocycles. The number of rotatable bonds is 2. The van der Waals surface area contributed by atoms with Crippen LogP contribution in [-0.4, -0.2) is 6.04 Å². The van der Waals surface area contributed by atoms with Crippen LogP contribution in [0.25, 0.3) is 0 Å². The SMILES string of the molecule is NC1CCC1Cc1ccc(Cl)cc1Cl. The Bertz CT molecular complexity index is 338. The van der Waals surface area contributed by atoms with Gasteiger partial charge in [-0.1, -0.05) is 29.3 Å². The third-order valence-corrected chi connectivity index (χ3v) is 3.56. The summed E-state index contributed by atoms with van der Waals surface area (Å²) < 4.78 is 0. The highest BCUT2D eigenvalue weighted by atomic mass is 35.5. The minimum absolute atomic E-state index is 0.363. The van der Waals surface area contributed by atoms with Crippen molar-refractivity contribution in [2.75, 3.05) is 0 Å². The highest BCUT2D eigenvalue weighted by Gasteiger charge is 2.27. The van der Waals surface area contributed by atoms with Crippen LogP contribution >= 0.6 is 23.2 Å². The number of hydrogen-bond acceptors (Lipinski definition) is 1. The maximum atomic E-state index is 6.08. The van der Waals surface area contributed by atoms with Crippen LogP contribution in [0.15, 0.2) is 18.2 Å². The Morgan fingerprint density at radius 1 is 1.29 bits per heavy atom. The molecule has 2 atom stereocenters. The van der Waals surface area contributed by atoms with Crippen LogP contribution < -0.4 is 5.73 Å². The van der Waals surface area contributed by atoms with E-state index < -0.39 is 0 Å². The third kappa shape index (κ3) is 2.05. The van der Waals surface area contributed by atoms with Crippen LogP contribution in [0, 0.1) is 5.92 Å². The van der Waals surface area contributed by atoms with E-state index in [0.29, 0.717) is 17.0 Å². The molecular formula is C11H13Cl2N. The molecule has 0 heterocycles. The van der Waals surface area contributed by atoms with Crippen molar-refractivity contribution in [3.8, 4) is 0 Å². The predicted molar refractivity (Wildman–Crippen MR) is 60.9 cm³/mol. The van der Waals surface area contributed by atoms with Gasteiger partial charge in [0.1, 0.15) is 0 Å². The monoisotopic (exact) mass is 229 g/mol. The highest BCUT2D eigenvalue weighted by molar-refractivity contribution is 6.35. The van der Waals surface area contributed by atoms with E-state index in [4.69, 9.17) is 28.9 Å². The molecule has 3 heteroatoms. The molecule has 1 aromatic rings. The van der Waals surface area contributed by atoms with Crippen molar-refractivity contribution in [1.82, 2.24) is 0 Å². The maximum absolute atomic E-state index is 6.08. The Labute approximate surface area is 94.2 Å². The van der Waals surface area contributed by atoms with Gasteiger partial charge in [0, 0.05) is 16.1 Å². The molecule has 2 rings (SSSR count). The molecule has 1 aromatic carbocycles. The zero-order valence-electron chi connectivity index (χ0n) is 7.84. The molecule has 2 unspecified atom stereocenters. The molecular weight excluding hydrogens is 217 g/mol. The normalized spacial score (nSPS) is 25.9. The second kappa shape index (κ2) is 4.09. The summed E-state index contributed by atoms with van der Waals surface area (Å²) in [6.45, 7) is 0. The Morgan fingerprint density at radius 2 is 2.07 bits per heavy atom. The summed E-state index contributed by atoms with van der Waals surface area (Å²) in [6, 6.07) is 6.03. The average molecular weight is 230 g/mol. The minimum Gasteiger partial charge on any atom is -0.327 e. The summed E-state index contributed by atoms with van der Waals surface area (Å²) in [7, 11) is 0. The standard InChI is InChI=1S/C11H13Cl2N/c12-9-3-1-7(10(13)6-9)5-8-2-4-11(8)14/h1,3,6,8,11H,2,4-5,14H2. The topological polar surface area (TPSA) is 26.0 Å². The molecule has 1 nitrogen and oxygen atoms in total. The molecule has 76 valence electrons. The lowest BCUT2D eigenvalue weighted by Gasteiger charge is -2.33. The highest BCUT2D eigenvalue weighted by Crippen LogP contribution is 2.32. The van der Waals surface area contributed by atoms with Gasteiger partial charge in [0.15, 0.2) is 0 Å². The Balaban J connectivity index is 2.09. The molecule has 1 saturated carbocycles. The van der Waals surface area contributed by atoms with Gasteiger partial charge in [-0.05, 0) is 42.9 Å². The molecule has 2 N–H and O–H groups in total. The van der Waals surface area contributed by atoms with Gasteiger partial charge in [0.05, 0.1) is 0 Å². The van der Waals surface area contributed by atoms with E-state index >= 15 is 0 Å². The van der Waals surface area contributed by atoms with Crippen LogP contribution in [-0.2, 0) is 6.42 Å². The van der Waals surface area contributed by atoms with Crippen molar-refractivity contribution in [2.45, 2.75) is 25.3 Å². The van der Waals surface area contributed by atoms with Crippen molar-refractivity contribution in [2.24, 2.45) is 11.7 Å². The van der Waals surface area contributed by atoms with Crippen LogP contribution in [0.1, 0.15) is 18.4 Å². The first kappa shape index (κ1) is 10.3. The lowest BCUT2D eigenvalue weighted by atomic mass is 9.76. The molecule has 1 fully saturated rings. The largest absolute Gasteiger partial charge is 0.327 e. The second-order valence-electron chi connectivity index (χ2n) is 3.94. The molecule has 0 bridgehead atoms. The zero-order valence-corrected chi connectivity index (χ0v) is 9.35. The smallest absolute Gasteiger partial charge is 0.0452 e. The lowest BCUT2D eigenvalue weighted by molar-refractivity contribution is 0.256. The summed E-state index contributed by atoms with van der Waals surface area (Å²) in [4.78, 5) is 0. The number of hydrogen-bond donors (Lipinski definition) is 1. The van der Waals surface area contributed by atoms with Crippen molar-refractivity contribution in [3.05, 3.63) is 33.8 Å². The van der Waals surface area contributed by atoms with Gasteiger partial charge in [-0.25, -0.2) is 0 Å². The Hall–Kier alpha value is -0.240. The van der Waals surface area contributed by atoms with E-state index in [1.165, 1.54) is 6.42 Å². The number of nitrogens with two attached hydrogens (primary N) is 1. The number of halogens is 2. The molecule has 0 spiro atoms. The van der Waals surface area contributed by atoms with E-state index in [-0.39, 0.29) is 0 Å². The average Bonchev–Trinajstić information content (AvgIpc) is 2.14. The van der Waals surface area contributed by atoms with Gasteiger partial charge in [0.2, 0.25) is 0 Å². The van der Waals surface area contributed by atoms with Crippen molar-refractivity contribution < 1.29 is 0 Å². The van der Waals surface area contributed by atoms with Gasteiger partial charge in [-0.3, -0.25) is 0 Å². The first-order valence-electron chi connectivity index (χ1n) is 4.86.